The molecule has 0 bridgehead atoms. The van der Waals surface area contributed by atoms with Gasteiger partial charge in [-0.3, -0.25) is 0 Å². The predicted octanol–water partition coefficient (Wildman–Crippen LogP) is 4.46. The number of hydrogen-bond acceptors (Lipinski definition) is 0. The van der Waals surface area contributed by atoms with E-state index >= 15 is 0 Å². The Morgan fingerprint density at radius 2 is 1.44 bits per heavy atom. The van der Waals surface area contributed by atoms with E-state index in [-0.39, 0.29) is 11.5 Å². The van der Waals surface area contributed by atoms with Gasteiger partial charge in [-0.15, -0.1) is 0 Å². The maximum Gasteiger partial charge on any atom is 0.458 e. The van der Waals surface area contributed by atoms with E-state index in [9.17, 15) is 22.0 Å². The standard InChI is InChI=1S/C11H11F5/c1-7(2)8-5-3-4-6-9(8)10(12,13)11(14,15)16/h3-7H,1-2H3. The summed E-state index contributed by atoms with van der Waals surface area (Å²) < 4.78 is 63.0. The second kappa shape index (κ2) is 4.03. The number of rotatable bonds is 2. The van der Waals surface area contributed by atoms with Crippen molar-refractivity contribution in [1.29, 1.82) is 0 Å². The van der Waals surface area contributed by atoms with Crippen LogP contribution in [-0.2, 0) is 5.92 Å². The van der Waals surface area contributed by atoms with Crippen molar-refractivity contribution in [1.82, 2.24) is 0 Å². The zero-order chi connectivity index (χ0) is 12.6. The lowest BCUT2D eigenvalue weighted by molar-refractivity contribution is -0.289. The molecule has 1 aromatic rings. The summed E-state index contributed by atoms with van der Waals surface area (Å²) in [6, 6.07) is 4.74. The van der Waals surface area contributed by atoms with Crippen molar-refractivity contribution in [3.8, 4) is 0 Å². The summed E-state index contributed by atoms with van der Waals surface area (Å²) in [4.78, 5) is 0. The van der Waals surface area contributed by atoms with Gasteiger partial charge in [0.2, 0.25) is 0 Å². The molecule has 0 saturated heterocycles. The Bertz CT molecular complexity index is 365. The first-order chi connectivity index (χ1) is 7.18. The van der Waals surface area contributed by atoms with Gasteiger partial charge in [-0.2, -0.15) is 22.0 Å². The van der Waals surface area contributed by atoms with Gasteiger partial charge in [0.25, 0.3) is 0 Å². The minimum Gasteiger partial charge on any atom is -0.191 e. The fourth-order valence-electron chi connectivity index (χ4n) is 1.44. The van der Waals surface area contributed by atoms with Crippen LogP contribution in [0.4, 0.5) is 22.0 Å². The zero-order valence-electron chi connectivity index (χ0n) is 8.78. The fraction of sp³-hybridized carbons (Fsp3) is 0.455. The van der Waals surface area contributed by atoms with Gasteiger partial charge >= 0.3 is 12.1 Å². The minimum atomic E-state index is -5.56. The van der Waals surface area contributed by atoms with Crippen LogP contribution in [0.25, 0.3) is 0 Å². The fourth-order valence-corrected chi connectivity index (χ4v) is 1.44. The van der Waals surface area contributed by atoms with Crippen LogP contribution in [0.1, 0.15) is 30.9 Å². The van der Waals surface area contributed by atoms with Crippen LogP contribution in [0.5, 0.6) is 0 Å². The highest BCUT2D eigenvalue weighted by atomic mass is 19.4. The lowest BCUT2D eigenvalue weighted by atomic mass is 9.93. The van der Waals surface area contributed by atoms with E-state index in [1.807, 2.05) is 0 Å². The van der Waals surface area contributed by atoms with Crippen LogP contribution < -0.4 is 0 Å². The average molecular weight is 238 g/mol. The van der Waals surface area contributed by atoms with Crippen LogP contribution in [0.3, 0.4) is 0 Å². The van der Waals surface area contributed by atoms with Crippen molar-refractivity contribution in [2.24, 2.45) is 0 Å². The Morgan fingerprint density at radius 1 is 0.938 bits per heavy atom. The van der Waals surface area contributed by atoms with Crippen LogP contribution in [0.2, 0.25) is 0 Å². The van der Waals surface area contributed by atoms with E-state index < -0.39 is 17.7 Å². The molecular formula is C11H11F5. The highest BCUT2D eigenvalue weighted by Crippen LogP contribution is 2.46. The number of halogens is 5. The average Bonchev–Trinajstić information content (AvgIpc) is 2.16. The molecule has 0 heterocycles. The topological polar surface area (TPSA) is 0 Å². The predicted molar refractivity (Wildman–Crippen MR) is 50.5 cm³/mol. The summed E-state index contributed by atoms with van der Waals surface area (Å²) in [6.07, 6.45) is -5.56. The Balaban J connectivity index is 3.33. The number of alkyl halides is 5. The van der Waals surface area contributed by atoms with Crippen LogP contribution >= 0.6 is 0 Å². The molecule has 0 nitrogen and oxygen atoms in total. The van der Waals surface area contributed by atoms with Crippen molar-refractivity contribution < 1.29 is 22.0 Å². The van der Waals surface area contributed by atoms with E-state index in [1.165, 1.54) is 18.2 Å². The molecule has 0 radical (unpaired) electrons. The normalized spacial score (nSPS) is 13.2. The first kappa shape index (κ1) is 12.9. The van der Waals surface area contributed by atoms with Crippen LogP contribution in [0.15, 0.2) is 24.3 Å². The lowest BCUT2D eigenvalue weighted by Gasteiger charge is -2.23. The highest BCUT2D eigenvalue weighted by Gasteiger charge is 2.59. The molecule has 0 unspecified atom stereocenters. The molecule has 0 atom stereocenters. The molecule has 0 aliphatic heterocycles. The summed E-state index contributed by atoms with van der Waals surface area (Å²) in [7, 11) is 0. The zero-order valence-corrected chi connectivity index (χ0v) is 8.78. The molecule has 5 heteroatoms. The first-order valence-electron chi connectivity index (χ1n) is 4.72. The quantitative estimate of drug-likeness (QED) is 0.667. The summed E-state index contributed by atoms with van der Waals surface area (Å²) in [5.41, 5.74) is -0.942. The molecule has 0 aliphatic rings. The van der Waals surface area contributed by atoms with Crippen molar-refractivity contribution in [2.75, 3.05) is 0 Å². The third-order valence-electron chi connectivity index (χ3n) is 2.28. The second-order valence-electron chi connectivity index (χ2n) is 3.81. The van der Waals surface area contributed by atoms with Gasteiger partial charge in [-0.05, 0) is 11.5 Å². The van der Waals surface area contributed by atoms with E-state index in [0.717, 1.165) is 6.07 Å². The molecule has 1 aromatic carbocycles. The van der Waals surface area contributed by atoms with Gasteiger partial charge in [0, 0.05) is 5.56 Å². The van der Waals surface area contributed by atoms with E-state index in [1.54, 1.807) is 13.8 Å². The highest BCUT2D eigenvalue weighted by molar-refractivity contribution is 5.34. The van der Waals surface area contributed by atoms with Gasteiger partial charge in [-0.1, -0.05) is 38.1 Å². The molecule has 0 N–H and O–H groups in total. The smallest absolute Gasteiger partial charge is 0.191 e. The second-order valence-corrected chi connectivity index (χ2v) is 3.81. The van der Waals surface area contributed by atoms with Gasteiger partial charge in [0.15, 0.2) is 0 Å². The van der Waals surface area contributed by atoms with Crippen molar-refractivity contribution in [3.63, 3.8) is 0 Å². The molecule has 0 spiro atoms. The number of hydrogen-bond donors (Lipinski definition) is 0. The lowest BCUT2D eigenvalue weighted by Crippen LogP contribution is -2.34. The van der Waals surface area contributed by atoms with Crippen molar-refractivity contribution in [2.45, 2.75) is 31.9 Å². The first-order valence-corrected chi connectivity index (χ1v) is 4.72. The van der Waals surface area contributed by atoms with Gasteiger partial charge in [0.1, 0.15) is 0 Å². The van der Waals surface area contributed by atoms with Crippen molar-refractivity contribution >= 4 is 0 Å². The summed E-state index contributed by atoms with van der Waals surface area (Å²) >= 11 is 0. The van der Waals surface area contributed by atoms with Gasteiger partial charge in [0.05, 0.1) is 0 Å². The maximum absolute atomic E-state index is 13.2. The molecule has 0 aliphatic carbocycles. The minimum absolute atomic E-state index is 0.0184. The Hall–Kier alpha value is -1.13. The maximum atomic E-state index is 13.2. The SMILES string of the molecule is CC(C)c1ccccc1C(F)(F)C(F)(F)F. The van der Waals surface area contributed by atoms with Gasteiger partial charge in [-0.25, -0.2) is 0 Å². The monoisotopic (exact) mass is 238 g/mol. The molecule has 0 saturated carbocycles. The molecule has 90 valence electrons. The molecule has 1 rings (SSSR count). The summed E-state index contributed by atoms with van der Waals surface area (Å²) in [5, 5.41) is 0. The molecule has 16 heavy (non-hydrogen) atoms. The third-order valence-corrected chi connectivity index (χ3v) is 2.28. The molecular weight excluding hydrogens is 227 g/mol. The number of benzene rings is 1. The summed E-state index contributed by atoms with van der Waals surface area (Å²) in [5.74, 6) is -5.18. The molecule has 0 aromatic heterocycles. The Labute approximate surface area is 90.1 Å². The molecule has 0 amide bonds. The van der Waals surface area contributed by atoms with E-state index in [2.05, 4.69) is 0 Å². The summed E-state index contributed by atoms with van der Waals surface area (Å²) in [6.45, 7) is 3.15. The third kappa shape index (κ3) is 2.18. The Kier molecular flexibility index (Phi) is 3.26. The van der Waals surface area contributed by atoms with Gasteiger partial charge < -0.3 is 0 Å². The van der Waals surface area contributed by atoms with E-state index in [0.29, 0.717) is 0 Å². The van der Waals surface area contributed by atoms with Crippen LogP contribution in [-0.4, -0.2) is 6.18 Å². The van der Waals surface area contributed by atoms with Crippen molar-refractivity contribution in [3.05, 3.63) is 35.4 Å². The Morgan fingerprint density at radius 3 is 1.88 bits per heavy atom. The largest absolute Gasteiger partial charge is 0.458 e. The van der Waals surface area contributed by atoms with E-state index in [4.69, 9.17) is 0 Å². The van der Waals surface area contributed by atoms with Crippen LogP contribution in [0, 0.1) is 0 Å². The molecule has 0 fully saturated rings.